The Morgan fingerprint density at radius 2 is 1.82 bits per heavy atom. The van der Waals surface area contributed by atoms with Gasteiger partial charge in [0.15, 0.2) is 0 Å². The molecule has 1 unspecified atom stereocenters. The molecule has 1 aromatic carbocycles. The molecule has 1 atom stereocenters. The first-order valence-corrected chi connectivity index (χ1v) is 8.65. The van der Waals surface area contributed by atoms with Gasteiger partial charge < -0.3 is 10.0 Å². The molecular formula is C19H27NO2. The summed E-state index contributed by atoms with van der Waals surface area (Å²) in [5, 5.41) is 10.7. The zero-order chi connectivity index (χ0) is 15.7. The van der Waals surface area contributed by atoms with E-state index in [1.807, 2.05) is 18.7 Å². The third-order valence-electron chi connectivity index (χ3n) is 5.20. The molecule has 1 saturated carbocycles. The van der Waals surface area contributed by atoms with Crippen molar-refractivity contribution < 1.29 is 9.90 Å². The predicted octanol–water partition coefficient (Wildman–Crippen LogP) is 3.80. The maximum absolute atomic E-state index is 12.2. The van der Waals surface area contributed by atoms with Gasteiger partial charge in [0.25, 0.3) is 0 Å². The Morgan fingerprint density at radius 1 is 1.14 bits per heavy atom. The number of rotatable bonds is 3. The van der Waals surface area contributed by atoms with Crippen molar-refractivity contribution in [3.05, 3.63) is 34.9 Å². The number of nitrogens with zero attached hydrogens (tertiary/aromatic N) is 1. The molecule has 0 saturated heterocycles. The van der Waals surface area contributed by atoms with Crippen LogP contribution in [-0.2, 0) is 17.9 Å². The molecular weight excluding hydrogens is 274 g/mol. The molecule has 0 aromatic heterocycles. The van der Waals surface area contributed by atoms with Crippen LogP contribution in [0, 0.1) is 11.8 Å². The van der Waals surface area contributed by atoms with Crippen molar-refractivity contribution in [1.82, 2.24) is 4.90 Å². The number of aliphatic hydroxyl groups is 1. The van der Waals surface area contributed by atoms with E-state index in [-0.39, 0.29) is 17.9 Å². The lowest BCUT2D eigenvalue weighted by molar-refractivity contribution is -0.135. The van der Waals surface area contributed by atoms with E-state index in [1.54, 1.807) is 0 Å². The number of fused-ring (bicyclic) bond motifs is 1. The lowest BCUT2D eigenvalue weighted by Gasteiger charge is -2.27. The number of aliphatic hydroxyl groups excluding tert-OH is 1. The molecule has 1 amide bonds. The summed E-state index contributed by atoms with van der Waals surface area (Å²) in [6.07, 6.45) is 5.71. The number of benzene rings is 1. The summed E-state index contributed by atoms with van der Waals surface area (Å²) in [5.74, 6) is 0.661. The van der Waals surface area contributed by atoms with Crippen LogP contribution in [0.2, 0.25) is 0 Å². The fraction of sp³-hybridized carbons (Fsp3) is 0.632. The fourth-order valence-electron chi connectivity index (χ4n) is 3.84. The minimum absolute atomic E-state index is 0.0432. The van der Waals surface area contributed by atoms with Gasteiger partial charge in [0.2, 0.25) is 5.91 Å². The fourth-order valence-corrected chi connectivity index (χ4v) is 3.84. The summed E-state index contributed by atoms with van der Waals surface area (Å²) in [5.41, 5.74) is 3.47. The van der Waals surface area contributed by atoms with Crippen molar-refractivity contribution in [3.8, 4) is 0 Å². The van der Waals surface area contributed by atoms with Crippen molar-refractivity contribution >= 4 is 5.91 Å². The van der Waals surface area contributed by atoms with Crippen LogP contribution < -0.4 is 0 Å². The number of hydrogen-bond donors (Lipinski definition) is 1. The van der Waals surface area contributed by atoms with E-state index in [0.717, 1.165) is 18.4 Å². The third-order valence-corrected chi connectivity index (χ3v) is 5.20. The Labute approximate surface area is 133 Å². The van der Waals surface area contributed by atoms with Gasteiger partial charge >= 0.3 is 0 Å². The molecule has 3 nitrogen and oxygen atoms in total. The van der Waals surface area contributed by atoms with Gasteiger partial charge in [-0.15, -0.1) is 0 Å². The maximum Gasteiger partial charge on any atom is 0.225 e. The van der Waals surface area contributed by atoms with Crippen molar-refractivity contribution in [2.75, 3.05) is 0 Å². The molecule has 120 valence electrons. The van der Waals surface area contributed by atoms with Crippen LogP contribution in [0.3, 0.4) is 0 Å². The first kappa shape index (κ1) is 15.5. The first-order chi connectivity index (χ1) is 10.6. The molecule has 1 aliphatic heterocycles. The summed E-state index contributed by atoms with van der Waals surface area (Å²) < 4.78 is 0. The number of carbonyl (C=O) groups is 1. The van der Waals surface area contributed by atoms with E-state index < -0.39 is 0 Å². The average molecular weight is 301 g/mol. The van der Waals surface area contributed by atoms with Gasteiger partial charge in [-0.3, -0.25) is 4.79 Å². The normalized spacial score (nSPS) is 20.3. The lowest BCUT2D eigenvalue weighted by Crippen LogP contribution is -2.29. The molecule has 1 aromatic rings. The van der Waals surface area contributed by atoms with Gasteiger partial charge in [0, 0.05) is 19.0 Å². The Bertz CT molecular complexity index is 546. The van der Waals surface area contributed by atoms with Crippen LogP contribution in [0.15, 0.2) is 18.2 Å². The number of hydrogen-bond acceptors (Lipinski definition) is 2. The average Bonchev–Trinajstić information content (AvgIpc) is 2.97. The second kappa shape index (κ2) is 6.41. The summed E-state index contributed by atoms with van der Waals surface area (Å²) in [4.78, 5) is 14.1. The van der Waals surface area contributed by atoms with E-state index in [1.165, 1.54) is 30.4 Å². The molecule has 1 aliphatic carbocycles. The minimum atomic E-state index is -0.347. The smallest absolute Gasteiger partial charge is 0.225 e. The highest BCUT2D eigenvalue weighted by molar-refractivity contribution is 5.78. The quantitative estimate of drug-likeness (QED) is 0.922. The summed E-state index contributed by atoms with van der Waals surface area (Å²) in [6, 6.07) is 6.29. The van der Waals surface area contributed by atoms with E-state index >= 15 is 0 Å². The molecule has 0 radical (unpaired) electrons. The van der Waals surface area contributed by atoms with Gasteiger partial charge in [-0.05, 0) is 35.4 Å². The monoisotopic (exact) mass is 301 g/mol. The molecule has 1 N–H and O–H groups in total. The van der Waals surface area contributed by atoms with E-state index in [2.05, 4.69) is 18.2 Å². The Balaban J connectivity index is 1.73. The van der Waals surface area contributed by atoms with Crippen LogP contribution in [-0.4, -0.2) is 15.9 Å². The van der Waals surface area contributed by atoms with Crippen LogP contribution >= 0.6 is 0 Å². The summed E-state index contributed by atoms with van der Waals surface area (Å²) in [7, 11) is 0. The number of carbonyl (C=O) groups excluding carboxylic acids is 1. The second-order valence-corrected chi connectivity index (χ2v) is 7.22. The molecule has 0 spiro atoms. The standard InChI is InChI=1S/C19H27NO2/c1-13(2)19(22)20-11-16-9-8-15(10-17(16)12-20)18(21)14-6-4-3-5-7-14/h8-10,13-14,18,21H,3-7,11-12H2,1-2H3. The second-order valence-electron chi connectivity index (χ2n) is 7.22. The van der Waals surface area contributed by atoms with Gasteiger partial charge in [-0.2, -0.15) is 0 Å². The summed E-state index contributed by atoms with van der Waals surface area (Å²) in [6.45, 7) is 5.30. The Kier molecular flexibility index (Phi) is 4.53. The van der Waals surface area contributed by atoms with Crippen molar-refractivity contribution in [1.29, 1.82) is 0 Å². The molecule has 3 rings (SSSR count). The molecule has 1 heterocycles. The highest BCUT2D eigenvalue weighted by Gasteiger charge is 2.27. The van der Waals surface area contributed by atoms with Gasteiger partial charge in [0.05, 0.1) is 6.10 Å². The van der Waals surface area contributed by atoms with Crippen LogP contribution in [0.4, 0.5) is 0 Å². The first-order valence-electron chi connectivity index (χ1n) is 8.65. The van der Waals surface area contributed by atoms with Gasteiger partial charge in [0.1, 0.15) is 0 Å². The minimum Gasteiger partial charge on any atom is -0.388 e. The molecule has 0 bridgehead atoms. The highest BCUT2D eigenvalue weighted by atomic mass is 16.3. The third kappa shape index (κ3) is 3.05. The predicted molar refractivity (Wildman–Crippen MR) is 87.1 cm³/mol. The highest BCUT2D eigenvalue weighted by Crippen LogP contribution is 2.36. The molecule has 22 heavy (non-hydrogen) atoms. The Hall–Kier alpha value is -1.35. The maximum atomic E-state index is 12.2. The van der Waals surface area contributed by atoms with Crippen LogP contribution in [0.1, 0.15) is 68.7 Å². The lowest BCUT2D eigenvalue weighted by atomic mass is 9.82. The molecule has 3 heteroatoms. The van der Waals surface area contributed by atoms with Crippen LogP contribution in [0.5, 0.6) is 0 Å². The van der Waals surface area contributed by atoms with Gasteiger partial charge in [-0.1, -0.05) is 51.3 Å². The topological polar surface area (TPSA) is 40.5 Å². The van der Waals surface area contributed by atoms with Crippen molar-refractivity contribution in [3.63, 3.8) is 0 Å². The van der Waals surface area contributed by atoms with Crippen LogP contribution in [0.25, 0.3) is 0 Å². The van der Waals surface area contributed by atoms with E-state index in [4.69, 9.17) is 0 Å². The van der Waals surface area contributed by atoms with E-state index in [0.29, 0.717) is 19.0 Å². The molecule has 2 aliphatic rings. The van der Waals surface area contributed by atoms with Gasteiger partial charge in [-0.25, -0.2) is 0 Å². The number of amides is 1. The zero-order valence-corrected chi connectivity index (χ0v) is 13.7. The Morgan fingerprint density at radius 3 is 2.50 bits per heavy atom. The zero-order valence-electron chi connectivity index (χ0n) is 13.7. The van der Waals surface area contributed by atoms with Crippen molar-refractivity contribution in [2.24, 2.45) is 11.8 Å². The van der Waals surface area contributed by atoms with Crippen molar-refractivity contribution in [2.45, 2.75) is 65.1 Å². The SMILES string of the molecule is CC(C)C(=O)N1Cc2ccc(C(O)C3CCCCC3)cc2C1. The summed E-state index contributed by atoms with van der Waals surface area (Å²) >= 11 is 0. The molecule has 1 fully saturated rings. The van der Waals surface area contributed by atoms with E-state index in [9.17, 15) is 9.90 Å². The largest absolute Gasteiger partial charge is 0.388 e.